The van der Waals surface area contributed by atoms with Crippen molar-refractivity contribution in [3.8, 4) is 5.75 Å². The molecule has 0 spiro atoms. The van der Waals surface area contributed by atoms with Gasteiger partial charge in [0.2, 0.25) is 11.8 Å². The van der Waals surface area contributed by atoms with Crippen LogP contribution in [0.25, 0.3) is 0 Å². The summed E-state index contributed by atoms with van der Waals surface area (Å²) in [6.45, 7) is 1.99. The molecule has 1 aliphatic carbocycles. The fourth-order valence-electron chi connectivity index (χ4n) is 5.74. The van der Waals surface area contributed by atoms with Crippen LogP contribution in [-0.2, 0) is 16.1 Å². The topological polar surface area (TPSA) is 105 Å². The van der Waals surface area contributed by atoms with Crippen LogP contribution in [0, 0.1) is 5.82 Å². The zero-order chi connectivity index (χ0) is 24.1. The molecule has 1 saturated carbocycles. The minimum Gasteiger partial charge on any atom is -0.489 e. The SMILES string of the molecule is O=C1CCC(N2Cc3cc(O[C@H]4CCC[C@@H]4N4CC(c5ncc(F)cn5)C4)ccc3C2=O)C(=O)N1. The number of hydrogen-bond acceptors (Lipinski definition) is 7. The van der Waals surface area contributed by atoms with Crippen LogP contribution < -0.4 is 10.1 Å². The number of imide groups is 1. The summed E-state index contributed by atoms with van der Waals surface area (Å²) in [5.41, 5.74) is 1.42. The number of likely N-dealkylation sites (tertiary alicyclic amines) is 1. The van der Waals surface area contributed by atoms with Gasteiger partial charge < -0.3 is 9.64 Å². The Bertz CT molecular complexity index is 1180. The minimum absolute atomic E-state index is 0.0477. The van der Waals surface area contributed by atoms with Gasteiger partial charge >= 0.3 is 0 Å². The second-order valence-corrected chi connectivity index (χ2v) is 9.78. The molecule has 3 atom stereocenters. The van der Waals surface area contributed by atoms with Crippen LogP contribution in [0.1, 0.15) is 59.8 Å². The van der Waals surface area contributed by atoms with Gasteiger partial charge in [0.1, 0.15) is 23.7 Å². The molecule has 1 N–H and O–H groups in total. The number of nitrogens with one attached hydrogen (secondary N) is 1. The largest absolute Gasteiger partial charge is 0.489 e. The molecular formula is C25H26FN5O4. The maximum absolute atomic E-state index is 13.1. The monoisotopic (exact) mass is 479 g/mol. The summed E-state index contributed by atoms with van der Waals surface area (Å²) in [5.74, 6) is 0.294. The van der Waals surface area contributed by atoms with Gasteiger partial charge in [0.25, 0.3) is 5.91 Å². The zero-order valence-corrected chi connectivity index (χ0v) is 19.2. The summed E-state index contributed by atoms with van der Waals surface area (Å²) in [7, 11) is 0. The number of hydrogen-bond donors (Lipinski definition) is 1. The lowest BCUT2D eigenvalue weighted by Crippen LogP contribution is -2.54. The Morgan fingerprint density at radius 3 is 2.63 bits per heavy atom. The number of rotatable bonds is 5. The van der Waals surface area contributed by atoms with Gasteiger partial charge in [0.05, 0.1) is 12.4 Å². The molecule has 2 saturated heterocycles. The van der Waals surface area contributed by atoms with Crippen LogP contribution in [0.15, 0.2) is 30.6 Å². The van der Waals surface area contributed by atoms with E-state index in [1.807, 2.05) is 12.1 Å². The third-order valence-electron chi connectivity index (χ3n) is 7.58. The van der Waals surface area contributed by atoms with E-state index in [4.69, 9.17) is 4.74 Å². The van der Waals surface area contributed by atoms with E-state index in [1.54, 1.807) is 11.0 Å². The highest BCUT2D eigenvalue weighted by atomic mass is 19.1. The second-order valence-electron chi connectivity index (χ2n) is 9.78. The number of piperidine rings is 1. The first-order valence-electron chi connectivity index (χ1n) is 12.1. The van der Waals surface area contributed by atoms with E-state index in [1.165, 1.54) is 12.4 Å². The predicted octanol–water partition coefficient (Wildman–Crippen LogP) is 1.78. The summed E-state index contributed by atoms with van der Waals surface area (Å²) in [6, 6.07) is 5.17. The van der Waals surface area contributed by atoms with Gasteiger partial charge in [-0.3, -0.25) is 24.6 Å². The number of ether oxygens (including phenoxy) is 1. The van der Waals surface area contributed by atoms with Crippen LogP contribution in [0.5, 0.6) is 5.75 Å². The highest BCUT2D eigenvalue weighted by Gasteiger charge is 2.42. The van der Waals surface area contributed by atoms with E-state index in [2.05, 4.69) is 20.2 Å². The molecule has 182 valence electrons. The first-order valence-corrected chi connectivity index (χ1v) is 12.1. The number of carbonyl (C=O) groups excluding carboxylic acids is 3. The molecule has 35 heavy (non-hydrogen) atoms. The molecule has 4 heterocycles. The number of fused-ring (bicyclic) bond motifs is 1. The number of carbonyl (C=O) groups is 3. The maximum Gasteiger partial charge on any atom is 0.255 e. The van der Waals surface area contributed by atoms with Gasteiger partial charge in [0, 0.05) is 43.6 Å². The Hall–Kier alpha value is -3.40. The van der Waals surface area contributed by atoms with E-state index in [0.29, 0.717) is 30.4 Å². The Labute approximate surface area is 201 Å². The predicted molar refractivity (Wildman–Crippen MR) is 121 cm³/mol. The molecule has 3 aliphatic heterocycles. The van der Waals surface area contributed by atoms with Gasteiger partial charge in [-0.15, -0.1) is 0 Å². The molecule has 0 radical (unpaired) electrons. The quantitative estimate of drug-likeness (QED) is 0.652. The molecule has 0 bridgehead atoms. The molecule has 9 nitrogen and oxygen atoms in total. The Balaban J connectivity index is 1.10. The lowest BCUT2D eigenvalue weighted by molar-refractivity contribution is -0.136. The summed E-state index contributed by atoms with van der Waals surface area (Å²) in [6.07, 6.45) is 6.14. The molecule has 2 aromatic rings. The normalized spacial score (nSPS) is 27.1. The van der Waals surface area contributed by atoms with Crippen molar-refractivity contribution in [1.29, 1.82) is 0 Å². The van der Waals surface area contributed by atoms with E-state index in [-0.39, 0.29) is 30.3 Å². The molecule has 3 fully saturated rings. The van der Waals surface area contributed by atoms with Crippen molar-refractivity contribution in [3.63, 3.8) is 0 Å². The third-order valence-corrected chi connectivity index (χ3v) is 7.58. The summed E-state index contributed by atoms with van der Waals surface area (Å²) < 4.78 is 19.5. The van der Waals surface area contributed by atoms with Crippen molar-refractivity contribution in [3.05, 3.63) is 53.4 Å². The van der Waals surface area contributed by atoms with Crippen LogP contribution >= 0.6 is 0 Å². The van der Waals surface area contributed by atoms with Gasteiger partial charge in [-0.1, -0.05) is 0 Å². The van der Waals surface area contributed by atoms with Crippen LogP contribution in [0.2, 0.25) is 0 Å². The van der Waals surface area contributed by atoms with E-state index < -0.39 is 17.8 Å². The average molecular weight is 480 g/mol. The van der Waals surface area contributed by atoms with Crippen LogP contribution in [-0.4, -0.2) is 68.8 Å². The smallest absolute Gasteiger partial charge is 0.255 e. The van der Waals surface area contributed by atoms with Gasteiger partial charge in [-0.2, -0.15) is 0 Å². The highest BCUT2D eigenvalue weighted by Crippen LogP contribution is 2.36. The number of nitrogens with zero attached hydrogens (tertiary/aromatic N) is 4. The Morgan fingerprint density at radius 1 is 1.06 bits per heavy atom. The molecule has 6 rings (SSSR count). The van der Waals surface area contributed by atoms with Crippen LogP contribution in [0.4, 0.5) is 4.39 Å². The molecule has 10 heteroatoms. The number of aromatic nitrogens is 2. The molecule has 4 aliphatic rings. The number of amides is 3. The standard InChI is InChI=1S/C25H26FN5O4/c26-16-9-27-23(28-10-16)15-11-30(12-15)19-2-1-3-21(19)35-17-4-5-18-14(8-17)13-31(25(18)34)20-6-7-22(32)29-24(20)33/h4-5,8-10,15,19-21H,1-3,6-7,11-13H2,(H,29,32,33)/t19-,20?,21-/m0/s1. The van der Waals surface area contributed by atoms with Crippen molar-refractivity contribution in [2.24, 2.45) is 0 Å². The fourth-order valence-corrected chi connectivity index (χ4v) is 5.74. The Morgan fingerprint density at radius 2 is 1.86 bits per heavy atom. The van der Waals surface area contributed by atoms with Crippen molar-refractivity contribution in [1.82, 2.24) is 25.1 Å². The fraction of sp³-hybridized carbons (Fsp3) is 0.480. The van der Waals surface area contributed by atoms with Crippen LogP contribution in [0.3, 0.4) is 0 Å². The lowest BCUT2D eigenvalue weighted by Gasteiger charge is -2.44. The first-order chi connectivity index (χ1) is 17.0. The molecule has 3 amide bonds. The Kier molecular flexibility index (Phi) is 5.47. The zero-order valence-electron chi connectivity index (χ0n) is 19.2. The van der Waals surface area contributed by atoms with E-state index >= 15 is 0 Å². The molecule has 1 aromatic carbocycles. The van der Waals surface area contributed by atoms with E-state index in [9.17, 15) is 18.8 Å². The molecule has 1 aromatic heterocycles. The average Bonchev–Trinajstić information content (AvgIpc) is 3.38. The van der Waals surface area contributed by atoms with Crippen molar-refractivity contribution in [2.75, 3.05) is 13.1 Å². The third kappa shape index (κ3) is 4.05. The van der Waals surface area contributed by atoms with Gasteiger partial charge in [-0.25, -0.2) is 14.4 Å². The van der Waals surface area contributed by atoms with Gasteiger partial charge in [-0.05, 0) is 49.4 Å². The van der Waals surface area contributed by atoms with Crippen molar-refractivity contribution in [2.45, 2.75) is 62.8 Å². The van der Waals surface area contributed by atoms with Gasteiger partial charge in [0.15, 0.2) is 5.82 Å². The number of halogens is 1. The van der Waals surface area contributed by atoms with E-state index in [0.717, 1.165) is 43.7 Å². The first kappa shape index (κ1) is 22.1. The maximum atomic E-state index is 13.1. The molecular weight excluding hydrogens is 453 g/mol. The highest BCUT2D eigenvalue weighted by molar-refractivity contribution is 6.05. The summed E-state index contributed by atoms with van der Waals surface area (Å²) >= 11 is 0. The minimum atomic E-state index is -0.624. The van der Waals surface area contributed by atoms with Crippen molar-refractivity contribution < 1.29 is 23.5 Å². The van der Waals surface area contributed by atoms with Crippen molar-refractivity contribution >= 4 is 17.7 Å². The summed E-state index contributed by atoms with van der Waals surface area (Å²) in [4.78, 5) is 48.8. The summed E-state index contributed by atoms with van der Waals surface area (Å²) in [5, 5.41) is 2.33. The number of benzene rings is 1. The molecule has 1 unspecified atom stereocenters. The second kappa shape index (κ2) is 8.67. The lowest BCUT2D eigenvalue weighted by atomic mass is 9.95.